The van der Waals surface area contributed by atoms with Crippen molar-refractivity contribution in [1.82, 2.24) is 9.62 Å². The largest absolute Gasteiger partial charge is 0.318 e. The van der Waals surface area contributed by atoms with Crippen molar-refractivity contribution < 1.29 is 8.42 Å². The van der Waals surface area contributed by atoms with Crippen molar-refractivity contribution in [1.29, 1.82) is 0 Å². The molecule has 1 fully saturated rings. The SMILES string of the molecule is CNCC(C)S(=O)(=O)N1CCCCCC1. The molecule has 0 aromatic carbocycles. The van der Waals surface area contributed by atoms with Gasteiger partial charge in [-0.25, -0.2) is 12.7 Å². The zero-order chi connectivity index (χ0) is 11.3. The maximum Gasteiger partial charge on any atom is 0.217 e. The van der Waals surface area contributed by atoms with Crippen molar-refractivity contribution in [2.45, 2.75) is 37.9 Å². The summed E-state index contributed by atoms with van der Waals surface area (Å²) in [4.78, 5) is 0. The fraction of sp³-hybridized carbons (Fsp3) is 1.00. The standard InChI is InChI=1S/C10H22N2O2S/c1-10(9-11-2)15(13,14)12-7-5-3-4-6-8-12/h10-11H,3-9H2,1-2H3. The van der Waals surface area contributed by atoms with Crippen LogP contribution >= 0.6 is 0 Å². The third kappa shape index (κ3) is 3.43. The Morgan fingerprint density at radius 1 is 1.20 bits per heavy atom. The molecule has 0 aromatic rings. The molecule has 0 aliphatic carbocycles. The Kier molecular flexibility index (Phi) is 5.02. The number of nitrogens with one attached hydrogen (secondary N) is 1. The van der Waals surface area contributed by atoms with Gasteiger partial charge < -0.3 is 5.32 Å². The fourth-order valence-corrected chi connectivity index (χ4v) is 3.60. The Bertz CT molecular complexity index is 269. The monoisotopic (exact) mass is 234 g/mol. The van der Waals surface area contributed by atoms with Gasteiger partial charge in [-0.2, -0.15) is 0 Å². The van der Waals surface area contributed by atoms with Gasteiger partial charge in [-0.1, -0.05) is 12.8 Å². The molecule has 1 aliphatic rings. The van der Waals surface area contributed by atoms with Gasteiger partial charge in [0.1, 0.15) is 0 Å². The maximum absolute atomic E-state index is 12.1. The molecule has 0 radical (unpaired) electrons. The van der Waals surface area contributed by atoms with E-state index >= 15 is 0 Å². The third-order valence-corrected chi connectivity index (χ3v) is 5.19. The lowest BCUT2D eigenvalue weighted by Crippen LogP contribution is -2.41. The van der Waals surface area contributed by atoms with Crippen molar-refractivity contribution in [2.24, 2.45) is 0 Å². The normalized spacial score (nSPS) is 22.3. The van der Waals surface area contributed by atoms with Crippen molar-refractivity contribution >= 4 is 10.0 Å². The highest BCUT2D eigenvalue weighted by Crippen LogP contribution is 2.16. The molecule has 0 spiro atoms. The molecule has 1 unspecified atom stereocenters. The Balaban J connectivity index is 2.66. The van der Waals surface area contributed by atoms with Gasteiger partial charge >= 0.3 is 0 Å². The van der Waals surface area contributed by atoms with Crippen LogP contribution in [0.5, 0.6) is 0 Å². The first-order chi connectivity index (χ1) is 7.09. The lowest BCUT2D eigenvalue weighted by molar-refractivity contribution is 0.415. The van der Waals surface area contributed by atoms with E-state index in [9.17, 15) is 8.42 Å². The third-order valence-electron chi connectivity index (χ3n) is 2.92. The highest BCUT2D eigenvalue weighted by molar-refractivity contribution is 7.89. The zero-order valence-corrected chi connectivity index (χ0v) is 10.5. The molecule has 1 atom stereocenters. The number of hydrogen-bond donors (Lipinski definition) is 1. The van der Waals surface area contributed by atoms with E-state index < -0.39 is 10.0 Å². The number of nitrogens with zero attached hydrogens (tertiary/aromatic N) is 1. The summed E-state index contributed by atoms with van der Waals surface area (Å²) in [6.45, 7) is 3.71. The summed E-state index contributed by atoms with van der Waals surface area (Å²) in [5.41, 5.74) is 0. The van der Waals surface area contributed by atoms with E-state index in [4.69, 9.17) is 0 Å². The lowest BCUT2D eigenvalue weighted by Gasteiger charge is -2.24. The molecule has 15 heavy (non-hydrogen) atoms. The quantitative estimate of drug-likeness (QED) is 0.783. The van der Waals surface area contributed by atoms with Crippen LogP contribution in [0.25, 0.3) is 0 Å². The van der Waals surface area contributed by atoms with Crippen LogP contribution in [0, 0.1) is 0 Å². The van der Waals surface area contributed by atoms with Crippen LogP contribution < -0.4 is 5.32 Å². The lowest BCUT2D eigenvalue weighted by atomic mass is 10.2. The summed E-state index contributed by atoms with van der Waals surface area (Å²) in [5, 5.41) is 2.60. The Labute approximate surface area is 93.1 Å². The highest BCUT2D eigenvalue weighted by atomic mass is 32.2. The van der Waals surface area contributed by atoms with Crippen LogP contribution in [0.15, 0.2) is 0 Å². The molecular weight excluding hydrogens is 212 g/mol. The molecule has 1 N–H and O–H groups in total. The van der Waals surface area contributed by atoms with E-state index in [2.05, 4.69) is 5.32 Å². The molecule has 0 aromatic heterocycles. The summed E-state index contributed by atoms with van der Waals surface area (Å²) >= 11 is 0. The van der Waals surface area contributed by atoms with Gasteiger partial charge in [-0.05, 0) is 26.8 Å². The minimum absolute atomic E-state index is 0.319. The van der Waals surface area contributed by atoms with Gasteiger partial charge in [-0.15, -0.1) is 0 Å². The van der Waals surface area contributed by atoms with Gasteiger partial charge in [0, 0.05) is 19.6 Å². The Hall–Kier alpha value is -0.130. The summed E-state index contributed by atoms with van der Waals surface area (Å²) < 4.78 is 25.9. The van der Waals surface area contributed by atoms with Crippen LogP contribution in [-0.4, -0.2) is 44.7 Å². The topological polar surface area (TPSA) is 49.4 Å². The zero-order valence-electron chi connectivity index (χ0n) is 9.70. The molecule has 0 saturated carbocycles. The number of rotatable bonds is 4. The van der Waals surface area contributed by atoms with Crippen molar-refractivity contribution in [3.63, 3.8) is 0 Å². The van der Waals surface area contributed by atoms with Gasteiger partial charge in [-0.3, -0.25) is 0 Å². The van der Waals surface area contributed by atoms with E-state index in [1.165, 1.54) is 0 Å². The molecule has 1 saturated heterocycles. The molecule has 4 nitrogen and oxygen atoms in total. The summed E-state index contributed by atoms with van der Waals surface area (Å²) in [5.74, 6) is 0. The number of hydrogen-bond acceptors (Lipinski definition) is 3. The second-order valence-electron chi connectivity index (χ2n) is 4.23. The van der Waals surface area contributed by atoms with Crippen LogP contribution in [0.2, 0.25) is 0 Å². The molecule has 1 rings (SSSR count). The van der Waals surface area contributed by atoms with Crippen LogP contribution in [0.1, 0.15) is 32.6 Å². The van der Waals surface area contributed by atoms with Crippen LogP contribution in [0.4, 0.5) is 0 Å². The van der Waals surface area contributed by atoms with Crippen LogP contribution in [0.3, 0.4) is 0 Å². The maximum atomic E-state index is 12.1. The molecule has 1 aliphatic heterocycles. The smallest absolute Gasteiger partial charge is 0.217 e. The van der Waals surface area contributed by atoms with Gasteiger partial charge in [0.05, 0.1) is 5.25 Å². The van der Waals surface area contributed by atoms with Crippen molar-refractivity contribution in [3.05, 3.63) is 0 Å². The summed E-state index contributed by atoms with van der Waals surface area (Å²) in [6.07, 6.45) is 4.33. The Morgan fingerprint density at radius 3 is 2.20 bits per heavy atom. The van der Waals surface area contributed by atoms with E-state index in [1.54, 1.807) is 18.3 Å². The predicted octanol–water partition coefficient (Wildman–Crippen LogP) is 0.800. The molecule has 0 bridgehead atoms. The van der Waals surface area contributed by atoms with Gasteiger partial charge in [0.15, 0.2) is 0 Å². The number of sulfonamides is 1. The highest BCUT2D eigenvalue weighted by Gasteiger charge is 2.28. The van der Waals surface area contributed by atoms with E-state index in [1.807, 2.05) is 0 Å². The van der Waals surface area contributed by atoms with E-state index in [0.29, 0.717) is 19.6 Å². The average Bonchev–Trinajstić information content (AvgIpc) is 2.46. The molecule has 0 amide bonds. The molecule has 1 heterocycles. The minimum atomic E-state index is -3.08. The molecular formula is C10H22N2O2S. The molecule has 90 valence electrons. The summed E-state index contributed by atoms with van der Waals surface area (Å²) in [6, 6.07) is 0. The predicted molar refractivity (Wildman–Crippen MR) is 62.3 cm³/mol. The second-order valence-corrected chi connectivity index (χ2v) is 6.58. The average molecular weight is 234 g/mol. The first-order valence-corrected chi connectivity index (χ1v) is 7.23. The minimum Gasteiger partial charge on any atom is -0.318 e. The van der Waals surface area contributed by atoms with E-state index in [-0.39, 0.29) is 5.25 Å². The second kappa shape index (κ2) is 5.82. The van der Waals surface area contributed by atoms with Gasteiger partial charge in [0.25, 0.3) is 0 Å². The van der Waals surface area contributed by atoms with E-state index in [0.717, 1.165) is 25.7 Å². The van der Waals surface area contributed by atoms with Gasteiger partial charge in [0.2, 0.25) is 10.0 Å². The summed E-state index contributed by atoms with van der Waals surface area (Å²) in [7, 11) is -1.29. The molecule has 5 heteroatoms. The Morgan fingerprint density at radius 2 is 1.73 bits per heavy atom. The van der Waals surface area contributed by atoms with Crippen LogP contribution in [-0.2, 0) is 10.0 Å². The van der Waals surface area contributed by atoms with Crippen molar-refractivity contribution in [3.8, 4) is 0 Å². The first kappa shape index (κ1) is 12.9. The first-order valence-electron chi connectivity index (χ1n) is 5.72. The van der Waals surface area contributed by atoms with Crippen molar-refractivity contribution in [2.75, 3.05) is 26.7 Å². The fourth-order valence-electron chi connectivity index (χ4n) is 1.94.